The van der Waals surface area contributed by atoms with E-state index in [0.717, 1.165) is 5.56 Å². The molecule has 0 amide bonds. The van der Waals surface area contributed by atoms with Gasteiger partial charge in [-0.25, -0.2) is 0 Å². The van der Waals surface area contributed by atoms with E-state index in [1.807, 2.05) is 6.92 Å². The molecule has 0 aliphatic heterocycles. The number of rotatable bonds is 11. The van der Waals surface area contributed by atoms with Crippen molar-refractivity contribution in [2.75, 3.05) is 26.4 Å². The Morgan fingerprint density at radius 2 is 1.71 bits per heavy atom. The van der Waals surface area contributed by atoms with Gasteiger partial charge >= 0.3 is 5.69 Å². The van der Waals surface area contributed by atoms with Gasteiger partial charge in [0.05, 0.1) is 29.6 Å². The van der Waals surface area contributed by atoms with Crippen molar-refractivity contribution in [1.29, 1.82) is 0 Å². The normalized spacial score (nSPS) is 11.2. The molecule has 10 heteroatoms. The maximum Gasteiger partial charge on any atom is 0.310 e. The number of carbonyl (C=O) groups is 1. The number of benzene rings is 2. The first-order chi connectivity index (χ1) is 13.3. The number of aryl methyl sites for hydroxylation is 1. The van der Waals surface area contributed by atoms with E-state index in [1.165, 1.54) is 30.3 Å². The molecule has 9 nitrogen and oxygen atoms in total. The standard InChI is InChI=1S/C18H19NO8S/c1-14-2-5-16(6-3-14)28(23,24)27-11-9-25-8-10-26-18-12-15(13-20)4-7-17(18)19(21)22/h2-7,12-13H,8-11H2,1H3. The van der Waals surface area contributed by atoms with E-state index in [1.54, 1.807) is 12.1 Å². The molecule has 2 aromatic rings. The van der Waals surface area contributed by atoms with Crippen LogP contribution in [0.4, 0.5) is 5.69 Å². The number of aldehydes is 1. The smallest absolute Gasteiger partial charge is 0.310 e. The molecule has 2 aromatic carbocycles. The highest BCUT2D eigenvalue weighted by Gasteiger charge is 2.16. The van der Waals surface area contributed by atoms with Gasteiger partial charge in [0.2, 0.25) is 0 Å². The van der Waals surface area contributed by atoms with Crippen LogP contribution >= 0.6 is 0 Å². The monoisotopic (exact) mass is 409 g/mol. The maximum atomic E-state index is 12.0. The van der Waals surface area contributed by atoms with Crippen molar-refractivity contribution >= 4 is 22.1 Å². The Morgan fingerprint density at radius 3 is 2.36 bits per heavy atom. The molecular weight excluding hydrogens is 390 g/mol. The van der Waals surface area contributed by atoms with Crippen LogP contribution in [0.25, 0.3) is 0 Å². The summed E-state index contributed by atoms with van der Waals surface area (Å²) in [5.74, 6) is -0.0450. The second kappa shape index (κ2) is 9.93. The molecule has 0 heterocycles. The van der Waals surface area contributed by atoms with Gasteiger partial charge in [0.25, 0.3) is 10.1 Å². The van der Waals surface area contributed by atoms with Crippen molar-refractivity contribution in [2.45, 2.75) is 11.8 Å². The second-order valence-corrected chi connectivity index (χ2v) is 7.27. The van der Waals surface area contributed by atoms with Gasteiger partial charge in [-0.15, -0.1) is 0 Å². The van der Waals surface area contributed by atoms with Gasteiger partial charge < -0.3 is 9.47 Å². The molecular formula is C18H19NO8S. The Morgan fingerprint density at radius 1 is 1.04 bits per heavy atom. The molecule has 2 rings (SSSR count). The topological polar surface area (TPSA) is 122 Å². The molecule has 0 aromatic heterocycles. The molecule has 0 fully saturated rings. The summed E-state index contributed by atoms with van der Waals surface area (Å²) in [4.78, 5) is 21.2. The lowest BCUT2D eigenvalue weighted by atomic mass is 10.2. The van der Waals surface area contributed by atoms with Crippen molar-refractivity contribution in [1.82, 2.24) is 0 Å². The van der Waals surface area contributed by atoms with Crippen molar-refractivity contribution < 1.29 is 31.8 Å². The highest BCUT2D eigenvalue weighted by atomic mass is 32.2. The molecule has 0 saturated carbocycles. The lowest BCUT2D eigenvalue weighted by molar-refractivity contribution is -0.385. The fourth-order valence-electron chi connectivity index (χ4n) is 2.16. The number of hydrogen-bond donors (Lipinski definition) is 0. The summed E-state index contributed by atoms with van der Waals surface area (Å²) in [6.45, 7) is 1.68. The zero-order valence-corrected chi connectivity index (χ0v) is 15.9. The Bertz CT molecular complexity index is 925. The Balaban J connectivity index is 1.74. The van der Waals surface area contributed by atoms with Crippen LogP contribution in [0.5, 0.6) is 5.75 Å². The van der Waals surface area contributed by atoms with Gasteiger partial charge in [0.1, 0.15) is 12.9 Å². The predicted octanol–water partition coefficient (Wildman–Crippen LogP) is 2.52. The zero-order valence-electron chi connectivity index (χ0n) is 15.1. The van der Waals surface area contributed by atoms with Gasteiger partial charge in [-0.05, 0) is 31.2 Å². The highest BCUT2D eigenvalue weighted by molar-refractivity contribution is 7.86. The van der Waals surface area contributed by atoms with Crippen LogP contribution in [-0.4, -0.2) is 46.1 Å². The molecule has 0 aliphatic carbocycles. The van der Waals surface area contributed by atoms with E-state index >= 15 is 0 Å². The Hall–Kier alpha value is -2.82. The summed E-state index contributed by atoms with van der Waals surface area (Å²) in [6.07, 6.45) is 0.554. The Kier molecular flexibility index (Phi) is 7.61. The SMILES string of the molecule is Cc1ccc(S(=O)(=O)OCCOCCOc2cc(C=O)ccc2[N+](=O)[O-])cc1. The van der Waals surface area contributed by atoms with Crippen molar-refractivity contribution in [3.05, 3.63) is 63.7 Å². The maximum absolute atomic E-state index is 12.0. The third-order valence-electron chi connectivity index (χ3n) is 3.58. The minimum atomic E-state index is -3.85. The first-order valence-corrected chi connectivity index (χ1v) is 9.64. The van der Waals surface area contributed by atoms with Gasteiger partial charge in [-0.1, -0.05) is 17.7 Å². The first kappa shape index (κ1) is 21.5. The number of nitrogens with zero attached hydrogens (tertiary/aromatic N) is 1. The van der Waals surface area contributed by atoms with E-state index in [0.29, 0.717) is 6.29 Å². The van der Waals surface area contributed by atoms with E-state index in [9.17, 15) is 23.3 Å². The minimum absolute atomic E-state index is 0.00901. The van der Waals surface area contributed by atoms with E-state index in [2.05, 4.69) is 0 Å². The largest absolute Gasteiger partial charge is 0.484 e. The molecule has 0 saturated heterocycles. The number of hydrogen-bond acceptors (Lipinski definition) is 8. The van der Waals surface area contributed by atoms with Crippen LogP contribution < -0.4 is 4.74 Å². The van der Waals surface area contributed by atoms with Crippen LogP contribution in [0, 0.1) is 17.0 Å². The van der Waals surface area contributed by atoms with Crippen molar-refractivity contribution in [3.8, 4) is 5.75 Å². The first-order valence-electron chi connectivity index (χ1n) is 8.24. The predicted molar refractivity (Wildman–Crippen MR) is 99.1 cm³/mol. The van der Waals surface area contributed by atoms with Gasteiger partial charge in [-0.3, -0.25) is 19.1 Å². The third kappa shape index (κ3) is 6.12. The molecule has 28 heavy (non-hydrogen) atoms. The number of ether oxygens (including phenoxy) is 2. The molecule has 0 spiro atoms. The summed E-state index contributed by atoms with van der Waals surface area (Å²) >= 11 is 0. The Labute approximate surface area is 162 Å². The van der Waals surface area contributed by atoms with Gasteiger partial charge in [-0.2, -0.15) is 8.42 Å². The van der Waals surface area contributed by atoms with Crippen LogP contribution in [0.3, 0.4) is 0 Å². The zero-order chi connectivity index (χ0) is 20.6. The summed E-state index contributed by atoms with van der Waals surface area (Å²) in [5.41, 5.74) is 0.913. The number of carbonyl (C=O) groups excluding carboxylic acids is 1. The van der Waals surface area contributed by atoms with Crippen molar-refractivity contribution in [2.24, 2.45) is 0 Å². The van der Waals surface area contributed by atoms with E-state index in [-0.39, 0.29) is 48.3 Å². The average Bonchev–Trinajstić information content (AvgIpc) is 2.67. The van der Waals surface area contributed by atoms with Crippen LogP contribution in [0.15, 0.2) is 47.4 Å². The lowest BCUT2D eigenvalue weighted by Gasteiger charge is -2.09. The molecule has 0 N–H and O–H groups in total. The summed E-state index contributed by atoms with van der Waals surface area (Å²) in [6, 6.07) is 10.0. The van der Waals surface area contributed by atoms with Gasteiger partial charge in [0, 0.05) is 11.6 Å². The second-order valence-electron chi connectivity index (χ2n) is 5.65. The van der Waals surface area contributed by atoms with Crippen LogP contribution in [0.2, 0.25) is 0 Å². The minimum Gasteiger partial charge on any atom is -0.484 e. The van der Waals surface area contributed by atoms with Gasteiger partial charge in [0.15, 0.2) is 5.75 Å². The fraction of sp³-hybridized carbons (Fsp3) is 0.278. The van der Waals surface area contributed by atoms with E-state index in [4.69, 9.17) is 13.7 Å². The summed E-state index contributed by atoms with van der Waals surface area (Å²) in [5, 5.41) is 11.0. The number of nitro benzene ring substituents is 1. The van der Waals surface area contributed by atoms with Crippen LogP contribution in [-0.2, 0) is 19.0 Å². The molecule has 0 aliphatic rings. The molecule has 0 radical (unpaired) electrons. The molecule has 150 valence electrons. The average molecular weight is 409 g/mol. The molecule has 0 bridgehead atoms. The quantitative estimate of drug-likeness (QED) is 0.182. The number of nitro groups is 1. The highest BCUT2D eigenvalue weighted by Crippen LogP contribution is 2.27. The van der Waals surface area contributed by atoms with E-state index < -0.39 is 15.0 Å². The fourth-order valence-corrected chi connectivity index (χ4v) is 3.05. The van der Waals surface area contributed by atoms with Crippen molar-refractivity contribution in [3.63, 3.8) is 0 Å². The lowest BCUT2D eigenvalue weighted by Crippen LogP contribution is -2.14. The molecule has 0 unspecified atom stereocenters. The van der Waals surface area contributed by atoms with Crippen LogP contribution in [0.1, 0.15) is 15.9 Å². The summed E-state index contributed by atoms with van der Waals surface area (Å²) in [7, 11) is -3.85. The third-order valence-corrected chi connectivity index (χ3v) is 4.90. The summed E-state index contributed by atoms with van der Waals surface area (Å²) < 4.78 is 39.3. The molecule has 0 atom stereocenters.